The van der Waals surface area contributed by atoms with Gasteiger partial charge in [-0.2, -0.15) is 0 Å². The number of amides is 2. The van der Waals surface area contributed by atoms with E-state index >= 15 is 0 Å². The van der Waals surface area contributed by atoms with Gasteiger partial charge in [0.15, 0.2) is 0 Å². The van der Waals surface area contributed by atoms with E-state index in [2.05, 4.69) is 5.32 Å². The largest absolute Gasteiger partial charge is 0.357 e. The van der Waals surface area contributed by atoms with Gasteiger partial charge in [-0.05, 0) is 36.2 Å². The third-order valence-electron chi connectivity index (χ3n) is 4.21. The SMILES string of the molecule is CNC(=O)[C@@H](C)N(Cc1ccc(Cl)cc1Cl)C(=O)CSCc1ccccc1F. The summed E-state index contributed by atoms with van der Waals surface area (Å²) in [6.45, 7) is 1.83. The summed E-state index contributed by atoms with van der Waals surface area (Å²) in [5.74, 6) is -0.338. The first-order valence-electron chi connectivity index (χ1n) is 8.59. The maximum absolute atomic E-state index is 13.7. The Morgan fingerprint density at radius 2 is 1.89 bits per heavy atom. The van der Waals surface area contributed by atoms with E-state index in [0.29, 0.717) is 26.9 Å². The third kappa shape index (κ3) is 6.12. The lowest BCUT2D eigenvalue weighted by Crippen LogP contribution is -2.47. The quantitative estimate of drug-likeness (QED) is 0.653. The highest BCUT2D eigenvalue weighted by Gasteiger charge is 2.26. The monoisotopic (exact) mass is 442 g/mol. The Morgan fingerprint density at radius 3 is 2.54 bits per heavy atom. The van der Waals surface area contributed by atoms with Gasteiger partial charge in [-0.25, -0.2) is 4.39 Å². The van der Waals surface area contributed by atoms with Crippen molar-refractivity contribution in [2.45, 2.75) is 25.3 Å². The zero-order valence-electron chi connectivity index (χ0n) is 15.5. The first-order valence-corrected chi connectivity index (χ1v) is 10.5. The molecule has 2 amide bonds. The number of rotatable bonds is 8. The van der Waals surface area contributed by atoms with Gasteiger partial charge in [-0.15, -0.1) is 11.8 Å². The second-order valence-corrected chi connectivity index (χ2v) is 7.96. The number of nitrogens with zero attached hydrogens (tertiary/aromatic N) is 1. The second kappa shape index (κ2) is 10.7. The molecule has 8 heteroatoms. The first-order chi connectivity index (χ1) is 13.3. The summed E-state index contributed by atoms with van der Waals surface area (Å²) in [5.41, 5.74) is 1.22. The molecular formula is C20H21Cl2FN2O2S. The van der Waals surface area contributed by atoms with Gasteiger partial charge in [0, 0.05) is 29.4 Å². The molecule has 1 atom stereocenters. The fourth-order valence-corrected chi connectivity index (χ4v) is 3.94. The highest BCUT2D eigenvalue weighted by Crippen LogP contribution is 2.24. The van der Waals surface area contributed by atoms with E-state index in [1.165, 1.54) is 29.8 Å². The Balaban J connectivity index is 2.10. The molecule has 2 aromatic rings. The molecule has 0 aliphatic carbocycles. The van der Waals surface area contributed by atoms with Crippen molar-refractivity contribution in [2.24, 2.45) is 0 Å². The van der Waals surface area contributed by atoms with Crippen LogP contribution in [0, 0.1) is 5.82 Å². The molecule has 0 fully saturated rings. The minimum absolute atomic E-state index is 0.112. The van der Waals surface area contributed by atoms with E-state index in [0.717, 1.165) is 0 Å². The molecule has 0 radical (unpaired) electrons. The molecule has 0 saturated carbocycles. The standard InChI is InChI=1S/C20H21Cl2FN2O2S/c1-13(20(27)24-2)25(10-14-7-8-16(21)9-17(14)22)19(26)12-28-11-15-5-3-4-6-18(15)23/h3-9,13H,10-12H2,1-2H3,(H,24,27)/t13-/m1/s1. The highest BCUT2D eigenvalue weighted by atomic mass is 35.5. The molecule has 150 valence electrons. The summed E-state index contributed by atoms with van der Waals surface area (Å²) >= 11 is 13.5. The van der Waals surface area contributed by atoms with Crippen molar-refractivity contribution in [3.8, 4) is 0 Å². The van der Waals surface area contributed by atoms with Gasteiger partial charge in [0.1, 0.15) is 11.9 Å². The summed E-state index contributed by atoms with van der Waals surface area (Å²) in [6.07, 6.45) is 0. The summed E-state index contributed by atoms with van der Waals surface area (Å²) in [6, 6.07) is 10.8. The predicted octanol–water partition coefficient (Wildman–Crippen LogP) is 4.53. The lowest BCUT2D eigenvalue weighted by Gasteiger charge is -2.28. The van der Waals surface area contributed by atoms with Crippen LogP contribution in [0.2, 0.25) is 10.0 Å². The average molecular weight is 443 g/mol. The molecule has 0 spiro atoms. The molecular weight excluding hydrogens is 422 g/mol. The topological polar surface area (TPSA) is 49.4 Å². The van der Waals surface area contributed by atoms with Crippen molar-refractivity contribution in [2.75, 3.05) is 12.8 Å². The number of hydrogen-bond acceptors (Lipinski definition) is 3. The van der Waals surface area contributed by atoms with Crippen LogP contribution in [0.15, 0.2) is 42.5 Å². The van der Waals surface area contributed by atoms with Crippen LogP contribution in [-0.2, 0) is 21.9 Å². The Kier molecular flexibility index (Phi) is 8.60. The number of hydrogen-bond donors (Lipinski definition) is 1. The predicted molar refractivity (Wildman–Crippen MR) is 113 cm³/mol. The van der Waals surface area contributed by atoms with E-state index in [1.54, 1.807) is 43.3 Å². The first kappa shape index (κ1) is 22.5. The van der Waals surface area contributed by atoms with E-state index < -0.39 is 6.04 Å². The molecule has 0 bridgehead atoms. The molecule has 0 unspecified atom stereocenters. The lowest BCUT2D eigenvalue weighted by molar-refractivity contribution is -0.138. The fraction of sp³-hybridized carbons (Fsp3) is 0.300. The average Bonchev–Trinajstić information content (AvgIpc) is 2.67. The molecule has 0 aliphatic rings. The van der Waals surface area contributed by atoms with E-state index in [1.807, 2.05) is 0 Å². The van der Waals surface area contributed by atoms with Crippen molar-refractivity contribution >= 4 is 46.8 Å². The van der Waals surface area contributed by atoms with Gasteiger partial charge < -0.3 is 10.2 Å². The van der Waals surface area contributed by atoms with E-state index in [4.69, 9.17) is 23.2 Å². The van der Waals surface area contributed by atoms with Gasteiger partial charge in [-0.1, -0.05) is 47.5 Å². The van der Waals surface area contributed by atoms with E-state index in [-0.39, 0.29) is 29.9 Å². The Bertz CT molecular complexity index is 851. The number of likely N-dealkylation sites (N-methyl/N-ethyl adjacent to an activating group) is 1. The third-order valence-corrected chi connectivity index (χ3v) is 5.76. The van der Waals surface area contributed by atoms with Crippen LogP contribution < -0.4 is 5.32 Å². The number of benzene rings is 2. The number of carbonyl (C=O) groups is 2. The number of halogens is 3. The summed E-state index contributed by atoms with van der Waals surface area (Å²) in [7, 11) is 1.52. The van der Waals surface area contributed by atoms with Crippen molar-refractivity contribution in [1.29, 1.82) is 0 Å². The zero-order valence-corrected chi connectivity index (χ0v) is 17.9. The van der Waals surface area contributed by atoms with Crippen molar-refractivity contribution in [3.05, 3.63) is 69.5 Å². The highest BCUT2D eigenvalue weighted by molar-refractivity contribution is 7.99. The number of thioether (sulfide) groups is 1. The number of nitrogens with one attached hydrogen (secondary N) is 1. The van der Waals surface area contributed by atoms with Crippen LogP contribution in [-0.4, -0.2) is 35.6 Å². The minimum atomic E-state index is -0.682. The maximum atomic E-state index is 13.7. The van der Waals surface area contributed by atoms with Crippen LogP contribution in [0.5, 0.6) is 0 Å². The van der Waals surface area contributed by atoms with E-state index in [9.17, 15) is 14.0 Å². The minimum Gasteiger partial charge on any atom is -0.357 e. The molecule has 0 heterocycles. The second-order valence-electron chi connectivity index (χ2n) is 6.13. The van der Waals surface area contributed by atoms with Crippen molar-refractivity contribution in [3.63, 3.8) is 0 Å². The van der Waals surface area contributed by atoms with Gasteiger partial charge >= 0.3 is 0 Å². The molecule has 0 aromatic heterocycles. The Hall–Kier alpha value is -1.76. The molecule has 0 saturated heterocycles. The van der Waals surface area contributed by atoms with Crippen LogP contribution in [0.25, 0.3) is 0 Å². The van der Waals surface area contributed by atoms with Crippen molar-refractivity contribution < 1.29 is 14.0 Å². The molecule has 2 aromatic carbocycles. The van der Waals surface area contributed by atoms with Gasteiger partial charge in [0.05, 0.1) is 5.75 Å². The summed E-state index contributed by atoms with van der Waals surface area (Å²) in [4.78, 5) is 26.4. The molecule has 1 N–H and O–H groups in total. The van der Waals surface area contributed by atoms with Crippen LogP contribution >= 0.6 is 35.0 Å². The van der Waals surface area contributed by atoms with Crippen molar-refractivity contribution in [1.82, 2.24) is 10.2 Å². The van der Waals surface area contributed by atoms with Crippen LogP contribution in [0.1, 0.15) is 18.1 Å². The van der Waals surface area contributed by atoms with Crippen LogP contribution in [0.4, 0.5) is 4.39 Å². The van der Waals surface area contributed by atoms with Crippen LogP contribution in [0.3, 0.4) is 0 Å². The smallest absolute Gasteiger partial charge is 0.242 e. The normalized spacial score (nSPS) is 11.8. The Labute approximate surface area is 178 Å². The molecule has 4 nitrogen and oxygen atoms in total. The van der Waals surface area contributed by atoms with Gasteiger partial charge in [0.2, 0.25) is 11.8 Å². The molecule has 28 heavy (non-hydrogen) atoms. The molecule has 2 rings (SSSR count). The van der Waals surface area contributed by atoms with Gasteiger partial charge in [0.25, 0.3) is 0 Å². The summed E-state index contributed by atoms with van der Waals surface area (Å²) < 4.78 is 13.7. The van der Waals surface area contributed by atoms with Gasteiger partial charge in [-0.3, -0.25) is 9.59 Å². The molecule has 0 aliphatic heterocycles. The summed E-state index contributed by atoms with van der Waals surface area (Å²) in [5, 5.41) is 3.47. The zero-order chi connectivity index (χ0) is 20.7. The maximum Gasteiger partial charge on any atom is 0.242 e. The Morgan fingerprint density at radius 1 is 1.18 bits per heavy atom. The fourth-order valence-electron chi connectivity index (χ4n) is 2.57. The number of carbonyl (C=O) groups excluding carboxylic acids is 2. The lowest BCUT2D eigenvalue weighted by atomic mass is 10.1.